The van der Waals surface area contributed by atoms with E-state index < -0.39 is 0 Å². The lowest BCUT2D eigenvalue weighted by molar-refractivity contribution is 0.393. The lowest BCUT2D eigenvalue weighted by atomic mass is 9.64. The molecule has 1 aliphatic rings. The summed E-state index contributed by atoms with van der Waals surface area (Å²) >= 11 is 0. The predicted octanol–water partition coefficient (Wildman–Crippen LogP) is 6.89. The molecule has 2 atom stereocenters. The number of halogens is 1. The fourth-order valence-corrected chi connectivity index (χ4v) is 4.31. The van der Waals surface area contributed by atoms with Gasteiger partial charge in [-0.15, -0.1) is 33.2 Å². The zero-order valence-corrected chi connectivity index (χ0v) is 18.1. The summed E-state index contributed by atoms with van der Waals surface area (Å²) in [4.78, 5) is 0. The van der Waals surface area contributed by atoms with E-state index in [-0.39, 0.29) is 34.5 Å². The Morgan fingerprint density at radius 3 is 1.96 bits per heavy atom. The summed E-state index contributed by atoms with van der Waals surface area (Å²) in [6.45, 7) is 2.20. The van der Waals surface area contributed by atoms with Gasteiger partial charge in [0.25, 0.3) is 0 Å². The maximum atomic E-state index is 3.20. The molecule has 3 rings (SSSR count). The first-order chi connectivity index (χ1) is 11.7. The lowest BCUT2D eigenvalue weighted by Gasteiger charge is -2.47. The fraction of sp³-hybridized carbons (Fsp3) is 0.217. The van der Waals surface area contributed by atoms with Crippen LogP contribution < -0.4 is 0 Å². The van der Waals surface area contributed by atoms with Crippen molar-refractivity contribution >= 4 is 33.2 Å². The minimum Gasteiger partial charge on any atom is -0.120 e. The first kappa shape index (κ1) is 20.1. The number of hydrogen-bond acceptors (Lipinski definition) is 0. The van der Waals surface area contributed by atoms with Gasteiger partial charge in [-0.1, -0.05) is 104 Å². The average molecular weight is 460 g/mol. The molecule has 0 bridgehead atoms. The van der Waals surface area contributed by atoms with Gasteiger partial charge in [-0.2, -0.15) is 0 Å². The summed E-state index contributed by atoms with van der Waals surface area (Å²) in [7, 11) is 3.20. The molecule has 0 aromatic heterocycles. The number of hydrogen-bond donors (Lipinski definition) is 0. The second-order valence-electron chi connectivity index (χ2n) is 6.38. The Balaban J connectivity index is 0.00000225. The van der Waals surface area contributed by atoms with Gasteiger partial charge in [0, 0.05) is 10.6 Å². The number of benzene rings is 2. The zero-order chi connectivity index (χ0) is 16.9. The van der Waals surface area contributed by atoms with Crippen molar-refractivity contribution in [1.82, 2.24) is 0 Å². The van der Waals surface area contributed by atoms with Gasteiger partial charge in [0.15, 0.2) is 0 Å². The van der Waals surface area contributed by atoms with Crippen LogP contribution in [0.2, 0.25) is 0 Å². The van der Waals surface area contributed by atoms with Gasteiger partial charge in [-0.05, 0) is 24.0 Å². The van der Waals surface area contributed by atoms with Crippen molar-refractivity contribution in [2.24, 2.45) is 5.41 Å². The highest BCUT2D eigenvalue weighted by Gasteiger charge is 2.47. The average Bonchev–Trinajstić information content (AvgIpc) is 2.68. The first-order valence-corrected chi connectivity index (χ1v) is 9.23. The van der Waals surface area contributed by atoms with E-state index in [1.165, 1.54) is 11.1 Å². The van der Waals surface area contributed by atoms with Crippen LogP contribution in [0, 0.1) is 5.41 Å². The van der Waals surface area contributed by atoms with Crippen molar-refractivity contribution in [3.8, 4) is 0 Å². The molecular weight excluding hydrogens is 434 g/mol. The highest BCUT2D eigenvalue weighted by Crippen LogP contribution is 2.56. The smallest absolute Gasteiger partial charge is 0.0472 e. The van der Waals surface area contributed by atoms with Crippen LogP contribution in [0.15, 0.2) is 97.1 Å². The molecule has 25 heavy (non-hydrogen) atoms. The largest absolute Gasteiger partial charge is 0.120 e. The minimum absolute atomic E-state index is 0. The van der Waals surface area contributed by atoms with Crippen LogP contribution in [-0.4, -0.2) is 0 Å². The zero-order valence-electron chi connectivity index (χ0n) is 14.6. The second-order valence-corrected chi connectivity index (χ2v) is 7.25. The molecule has 1 aliphatic carbocycles. The molecule has 2 aromatic rings. The van der Waals surface area contributed by atoms with Crippen LogP contribution >= 0.6 is 33.2 Å². The Labute approximate surface area is 171 Å². The highest BCUT2D eigenvalue weighted by atomic mass is 127. The quantitative estimate of drug-likeness (QED) is 0.259. The Hall–Kier alpha value is -1.18. The molecule has 0 N–H and O–H groups in total. The van der Waals surface area contributed by atoms with Gasteiger partial charge < -0.3 is 0 Å². The maximum absolute atomic E-state index is 3.20. The molecule has 0 heterocycles. The topological polar surface area (TPSA) is 0 Å². The van der Waals surface area contributed by atoms with E-state index in [0.29, 0.717) is 0 Å². The molecule has 0 fully saturated rings. The van der Waals surface area contributed by atoms with E-state index in [2.05, 4.69) is 113 Å². The van der Waals surface area contributed by atoms with Gasteiger partial charge in [-0.3, -0.25) is 0 Å². The molecule has 0 amide bonds. The third kappa shape index (κ3) is 3.83. The standard InChI is InChI=1S/C23H25P.HI/c1-2-3-17-22(18-11-6-12-19-22)23(24,20-13-7-4-8-14-20)21-15-9-5-10-16-21;/h3-18H,2,19,24H2,1H3;1H. The summed E-state index contributed by atoms with van der Waals surface area (Å²) < 4.78 is 0. The molecule has 0 aliphatic heterocycles. The van der Waals surface area contributed by atoms with E-state index in [4.69, 9.17) is 0 Å². The van der Waals surface area contributed by atoms with E-state index >= 15 is 0 Å². The summed E-state index contributed by atoms with van der Waals surface area (Å²) in [5.41, 5.74) is 2.55. The van der Waals surface area contributed by atoms with Gasteiger partial charge in [0.1, 0.15) is 0 Å². The molecule has 0 spiro atoms. The Kier molecular flexibility index (Phi) is 7.22. The lowest BCUT2D eigenvalue weighted by Crippen LogP contribution is -2.40. The third-order valence-electron chi connectivity index (χ3n) is 4.94. The Morgan fingerprint density at radius 2 is 1.52 bits per heavy atom. The van der Waals surface area contributed by atoms with Crippen LogP contribution in [0.4, 0.5) is 0 Å². The van der Waals surface area contributed by atoms with Crippen LogP contribution in [0.1, 0.15) is 30.9 Å². The van der Waals surface area contributed by atoms with Crippen molar-refractivity contribution in [3.05, 3.63) is 108 Å². The normalized spacial score (nSPS) is 19.8. The van der Waals surface area contributed by atoms with Crippen molar-refractivity contribution in [3.63, 3.8) is 0 Å². The first-order valence-electron chi connectivity index (χ1n) is 8.65. The molecule has 2 unspecified atom stereocenters. The molecule has 0 saturated carbocycles. The van der Waals surface area contributed by atoms with Gasteiger partial charge in [0.05, 0.1) is 0 Å². The molecule has 2 aromatic carbocycles. The minimum atomic E-state index is -0.206. The third-order valence-corrected chi connectivity index (χ3v) is 6.14. The Bertz CT molecular complexity index is 707. The molecule has 2 heteroatoms. The molecule has 0 nitrogen and oxygen atoms in total. The Morgan fingerprint density at radius 1 is 0.960 bits per heavy atom. The summed E-state index contributed by atoms with van der Waals surface area (Å²) in [6, 6.07) is 21.7. The number of rotatable bonds is 5. The second kappa shape index (κ2) is 8.96. The number of allylic oxidation sites excluding steroid dienone is 6. The van der Waals surface area contributed by atoms with Gasteiger partial charge in [0.2, 0.25) is 0 Å². The van der Waals surface area contributed by atoms with Crippen molar-refractivity contribution < 1.29 is 0 Å². The maximum Gasteiger partial charge on any atom is 0.0472 e. The summed E-state index contributed by atoms with van der Waals surface area (Å²) in [6.07, 6.45) is 15.7. The highest BCUT2D eigenvalue weighted by molar-refractivity contribution is 14.0. The van der Waals surface area contributed by atoms with Gasteiger partial charge >= 0.3 is 0 Å². The molecular formula is C23H26IP. The molecule has 0 radical (unpaired) electrons. The van der Waals surface area contributed by atoms with E-state index in [1.54, 1.807) is 0 Å². The molecule has 130 valence electrons. The molecule has 0 saturated heterocycles. The van der Waals surface area contributed by atoms with Crippen LogP contribution in [-0.2, 0) is 5.16 Å². The van der Waals surface area contributed by atoms with Crippen molar-refractivity contribution in [1.29, 1.82) is 0 Å². The van der Waals surface area contributed by atoms with Crippen molar-refractivity contribution in [2.45, 2.75) is 24.9 Å². The summed E-state index contributed by atoms with van der Waals surface area (Å²) in [5, 5.41) is -0.206. The predicted molar refractivity (Wildman–Crippen MR) is 124 cm³/mol. The van der Waals surface area contributed by atoms with E-state index in [0.717, 1.165) is 12.8 Å². The SMILES string of the molecule is CCC=CC1(C(P)(c2ccccc2)c2ccccc2)C=CC=CC1.I. The summed E-state index contributed by atoms with van der Waals surface area (Å²) in [5.74, 6) is 0. The van der Waals surface area contributed by atoms with Crippen LogP contribution in [0.25, 0.3) is 0 Å². The van der Waals surface area contributed by atoms with E-state index in [1.807, 2.05) is 0 Å². The fourth-order valence-electron chi connectivity index (χ4n) is 3.62. The van der Waals surface area contributed by atoms with Gasteiger partial charge in [-0.25, -0.2) is 0 Å². The van der Waals surface area contributed by atoms with Crippen molar-refractivity contribution in [2.75, 3.05) is 0 Å². The van der Waals surface area contributed by atoms with Crippen LogP contribution in [0.5, 0.6) is 0 Å². The monoisotopic (exact) mass is 460 g/mol. The van der Waals surface area contributed by atoms with E-state index in [9.17, 15) is 0 Å². The van der Waals surface area contributed by atoms with Crippen LogP contribution in [0.3, 0.4) is 0 Å².